The van der Waals surface area contributed by atoms with Crippen molar-refractivity contribution in [2.45, 2.75) is 77.0 Å². The molecule has 0 atom stereocenters. The highest BCUT2D eigenvalue weighted by molar-refractivity contribution is 6.02. The van der Waals surface area contributed by atoms with Crippen molar-refractivity contribution in [2.24, 2.45) is 0 Å². The van der Waals surface area contributed by atoms with Crippen molar-refractivity contribution >= 4 is 0 Å². The van der Waals surface area contributed by atoms with Gasteiger partial charge in [0.1, 0.15) is 11.5 Å². The van der Waals surface area contributed by atoms with Crippen LogP contribution in [-0.2, 0) is 21.7 Å². The zero-order valence-corrected chi connectivity index (χ0v) is 33.3. The fraction of sp³-hybridized carbons (Fsp3) is 0.222. The molecule has 1 aliphatic heterocycles. The summed E-state index contributed by atoms with van der Waals surface area (Å²) in [7, 11) is 0. The molecule has 0 saturated carbocycles. The second-order valence-corrected chi connectivity index (χ2v) is 18.5. The van der Waals surface area contributed by atoms with Crippen molar-refractivity contribution in [3.63, 3.8) is 0 Å². The Kier molecular flexibility index (Phi) is 7.04. The van der Waals surface area contributed by atoms with Gasteiger partial charge < -0.3 is 4.74 Å². The van der Waals surface area contributed by atoms with Crippen LogP contribution in [0.15, 0.2) is 146 Å². The molecular weight excluding hydrogens is 665 g/mol. The molecule has 3 aliphatic rings. The Labute approximate surface area is 326 Å². The Morgan fingerprint density at radius 3 is 1.56 bits per heavy atom. The highest BCUT2D eigenvalue weighted by Gasteiger charge is 2.53. The molecule has 10 rings (SSSR count). The molecule has 1 heteroatoms. The highest BCUT2D eigenvalue weighted by Crippen LogP contribution is 2.65. The number of fused-ring (bicyclic) bond motifs is 12. The third kappa shape index (κ3) is 4.72. The fourth-order valence-electron chi connectivity index (χ4n) is 9.97. The molecule has 1 heterocycles. The molecule has 0 aromatic heterocycles. The molecule has 2 aliphatic carbocycles. The molecule has 0 amide bonds. The van der Waals surface area contributed by atoms with Crippen LogP contribution < -0.4 is 4.74 Å². The first-order valence-electron chi connectivity index (χ1n) is 19.8. The molecule has 0 unspecified atom stereocenters. The van der Waals surface area contributed by atoms with E-state index in [9.17, 15) is 0 Å². The van der Waals surface area contributed by atoms with Crippen molar-refractivity contribution in [2.75, 3.05) is 0 Å². The van der Waals surface area contributed by atoms with Crippen LogP contribution in [0.1, 0.15) is 99.9 Å². The average molecular weight is 713 g/mol. The lowest BCUT2D eigenvalue weighted by molar-refractivity contribution is 0.418. The lowest BCUT2D eigenvalue weighted by Gasteiger charge is -2.34. The summed E-state index contributed by atoms with van der Waals surface area (Å²) in [5, 5.41) is 0. The van der Waals surface area contributed by atoms with Gasteiger partial charge in [-0.25, -0.2) is 0 Å². The monoisotopic (exact) mass is 712 g/mol. The smallest absolute Gasteiger partial charge is 0.131 e. The summed E-state index contributed by atoms with van der Waals surface area (Å²) in [6.07, 6.45) is 0. The van der Waals surface area contributed by atoms with Crippen LogP contribution in [0.2, 0.25) is 0 Å². The van der Waals surface area contributed by atoms with Gasteiger partial charge in [-0.2, -0.15) is 0 Å². The summed E-state index contributed by atoms with van der Waals surface area (Å²) < 4.78 is 6.49. The van der Waals surface area contributed by atoms with Gasteiger partial charge in [0, 0.05) is 16.5 Å². The molecule has 0 N–H and O–H groups in total. The van der Waals surface area contributed by atoms with Gasteiger partial charge in [0.25, 0.3) is 0 Å². The quantitative estimate of drug-likeness (QED) is 0.173. The minimum Gasteiger partial charge on any atom is -0.457 e. The van der Waals surface area contributed by atoms with E-state index in [4.69, 9.17) is 4.74 Å². The van der Waals surface area contributed by atoms with Crippen molar-refractivity contribution in [1.82, 2.24) is 0 Å². The fourth-order valence-corrected chi connectivity index (χ4v) is 9.97. The number of para-hydroxylation sites is 1. The maximum absolute atomic E-state index is 6.49. The van der Waals surface area contributed by atoms with E-state index in [2.05, 4.69) is 201 Å². The summed E-state index contributed by atoms with van der Waals surface area (Å²) in [5.41, 5.74) is 20.4. The Balaban J connectivity index is 1.24. The second-order valence-electron chi connectivity index (χ2n) is 18.5. The number of ether oxygens (including phenoxy) is 1. The summed E-state index contributed by atoms with van der Waals surface area (Å²) in [4.78, 5) is 0. The van der Waals surface area contributed by atoms with Crippen LogP contribution in [0.4, 0.5) is 0 Å². The van der Waals surface area contributed by atoms with Crippen molar-refractivity contribution < 1.29 is 4.74 Å². The minimum absolute atomic E-state index is 0.0138. The zero-order chi connectivity index (χ0) is 38.1. The predicted octanol–water partition coefficient (Wildman–Crippen LogP) is 14.4. The molecular formula is C54H48O. The van der Waals surface area contributed by atoms with Crippen LogP contribution in [0.3, 0.4) is 0 Å². The maximum Gasteiger partial charge on any atom is 0.131 e. The van der Waals surface area contributed by atoms with Gasteiger partial charge in [-0.3, -0.25) is 0 Å². The summed E-state index contributed by atoms with van der Waals surface area (Å²) in [6, 6.07) is 55.1. The molecule has 270 valence electrons. The van der Waals surface area contributed by atoms with Crippen molar-refractivity contribution in [3.8, 4) is 56.0 Å². The number of hydrogen-bond acceptors (Lipinski definition) is 1. The topological polar surface area (TPSA) is 9.23 Å². The van der Waals surface area contributed by atoms with Gasteiger partial charge in [0.05, 0.1) is 5.41 Å². The van der Waals surface area contributed by atoms with E-state index in [1.54, 1.807) is 0 Å². The maximum atomic E-state index is 6.49. The highest BCUT2D eigenvalue weighted by atomic mass is 16.5. The van der Waals surface area contributed by atoms with Gasteiger partial charge in [0.2, 0.25) is 0 Å². The van der Waals surface area contributed by atoms with Gasteiger partial charge in [-0.1, -0.05) is 183 Å². The van der Waals surface area contributed by atoms with Crippen molar-refractivity contribution in [3.05, 3.63) is 190 Å². The van der Waals surface area contributed by atoms with E-state index >= 15 is 0 Å². The van der Waals surface area contributed by atoms with Crippen LogP contribution in [0.5, 0.6) is 11.5 Å². The third-order valence-corrected chi connectivity index (χ3v) is 12.9. The van der Waals surface area contributed by atoms with Gasteiger partial charge in [0.15, 0.2) is 0 Å². The van der Waals surface area contributed by atoms with Crippen LogP contribution in [0, 0.1) is 0 Å². The van der Waals surface area contributed by atoms with Crippen molar-refractivity contribution in [1.29, 1.82) is 0 Å². The molecule has 0 saturated heterocycles. The second kappa shape index (κ2) is 11.4. The van der Waals surface area contributed by atoms with Gasteiger partial charge >= 0.3 is 0 Å². The first kappa shape index (κ1) is 33.9. The number of rotatable bonds is 2. The molecule has 1 spiro atoms. The van der Waals surface area contributed by atoms with Crippen LogP contribution in [-0.4, -0.2) is 0 Å². The van der Waals surface area contributed by atoms with Crippen LogP contribution in [0.25, 0.3) is 44.5 Å². The lowest BCUT2D eigenvalue weighted by Crippen LogP contribution is -2.27. The standard InChI is InChI=1S/C54H48O/c1-51(2,3)34-25-27-38-39-28-26-35(52(4,5)6)32-46(39)54(45(38)31-34)42-20-12-11-18-41(42)50-40(19-15-22-44(50)54)37-17-10-9-16-36(37)33-24-29-49-47(30-33)53(7,8)43-21-13-14-23-48(43)55-49/h9-32H,1-8H3. The molecule has 7 aromatic rings. The lowest BCUT2D eigenvalue weighted by atomic mass is 9.68. The normalized spacial score (nSPS) is 15.3. The predicted molar refractivity (Wildman–Crippen MR) is 230 cm³/mol. The third-order valence-electron chi connectivity index (χ3n) is 12.9. The van der Waals surface area contributed by atoms with E-state index in [0.29, 0.717) is 0 Å². The van der Waals surface area contributed by atoms with Gasteiger partial charge in [-0.05, 0) is 107 Å². The van der Waals surface area contributed by atoms with E-state index in [1.807, 2.05) is 0 Å². The van der Waals surface area contributed by atoms with E-state index < -0.39 is 5.41 Å². The number of benzene rings is 7. The molecule has 55 heavy (non-hydrogen) atoms. The summed E-state index contributed by atoms with van der Waals surface area (Å²) in [5.74, 6) is 1.88. The minimum atomic E-state index is -0.440. The largest absolute Gasteiger partial charge is 0.457 e. The molecule has 7 aromatic carbocycles. The van der Waals surface area contributed by atoms with E-state index in [0.717, 1.165) is 11.5 Å². The first-order valence-corrected chi connectivity index (χ1v) is 19.8. The molecule has 1 nitrogen and oxygen atoms in total. The van der Waals surface area contributed by atoms with E-state index in [1.165, 1.54) is 89.0 Å². The summed E-state index contributed by atoms with van der Waals surface area (Å²) in [6.45, 7) is 18.6. The molecule has 0 bridgehead atoms. The zero-order valence-electron chi connectivity index (χ0n) is 33.3. The summed E-state index contributed by atoms with van der Waals surface area (Å²) >= 11 is 0. The van der Waals surface area contributed by atoms with Crippen LogP contribution >= 0.6 is 0 Å². The molecule has 0 radical (unpaired) electrons. The van der Waals surface area contributed by atoms with E-state index in [-0.39, 0.29) is 16.2 Å². The van der Waals surface area contributed by atoms with Gasteiger partial charge in [-0.15, -0.1) is 0 Å². The average Bonchev–Trinajstić information content (AvgIpc) is 3.64. The number of hydrogen-bond donors (Lipinski definition) is 0. The molecule has 0 fully saturated rings. The first-order chi connectivity index (χ1) is 26.3. The Morgan fingerprint density at radius 1 is 0.382 bits per heavy atom. The SMILES string of the molecule is CC(C)(C)c1ccc2c(c1)C1(c3cc(C(C)(C)C)ccc3-2)c2ccccc2-c2c(-c3ccccc3-c3ccc4c(c3)C(C)(C)c3ccccc3O4)cccc21. The Bertz CT molecular complexity index is 2660. The Morgan fingerprint density at radius 2 is 0.909 bits per heavy atom. The Hall–Kier alpha value is -5.66.